The van der Waals surface area contributed by atoms with Gasteiger partial charge in [0, 0.05) is 6.42 Å². The molecule has 0 aliphatic heterocycles. The Kier molecular flexibility index (Phi) is 2.26. The number of hydrogen-bond donors (Lipinski definition) is 0. The molecule has 2 nitrogen and oxygen atoms in total. The molecule has 84 valence electrons. The van der Waals surface area contributed by atoms with E-state index in [0.717, 1.165) is 23.7 Å². The highest BCUT2D eigenvalue weighted by Gasteiger charge is 2.53. The van der Waals surface area contributed by atoms with E-state index in [4.69, 9.17) is 4.74 Å². The van der Waals surface area contributed by atoms with Crippen molar-refractivity contribution in [3.63, 3.8) is 0 Å². The van der Waals surface area contributed by atoms with Gasteiger partial charge in [0.15, 0.2) is 0 Å². The van der Waals surface area contributed by atoms with Gasteiger partial charge in [-0.1, -0.05) is 6.42 Å². The zero-order chi connectivity index (χ0) is 10.4. The van der Waals surface area contributed by atoms with E-state index < -0.39 is 0 Å². The van der Waals surface area contributed by atoms with E-state index in [2.05, 4.69) is 0 Å². The van der Waals surface area contributed by atoms with Crippen LogP contribution in [-0.2, 0) is 9.53 Å². The van der Waals surface area contributed by atoms with Crippen molar-refractivity contribution in [1.82, 2.24) is 0 Å². The van der Waals surface area contributed by atoms with Crippen LogP contribution in [0.15, 0.2) is 0 Å². The van der Waals surface area contributed by atoms with Crippen LogP contribution < -0.4 is 0 Å². The first-order valence-electron chi connectivity index (χ1n) is 6.36. The van der Waals surface area contributed by atoms with Crippen LogP contribution in [0.3, 0.4) is 0 Å². The molecule has 0 aromatic rings. The molecule has 0 unspecified atom stereocenters. The van der Waals surface area contributed by atoms with Gasteiger partial charge in [0.25, 0.3) is 0 Å². The zero-order valence-corrected chi connectivity index (χ0v) is 9.45. The molecule has 3 aliphatic carbocycles. The predicted molar refractivity (Wildman–Crippen MR) is 57.2 cm³/mol. The van der Waals surface area contributed by atoms with Crippen LogP contribution >= 0.6 is 0 Å². The largest absolute Gasteiger partial charge is 0.469 e. The second kappa shape index (κ2) is 3.50. The minimum Gasteiger partial charge on any atom is -0.469 e. The van der Waals surface area contributed by atoms with Gasteiger partial charge in [0.1, 0.15) is 0 Å². The standard InChI is InChI=1S/C13H20O2/c1-15-13(14)7-9-5-8-6-12(9)11-4-2-3-10(8)11/h8-12H,2-7H2,1H3/t8-,9+,10-,11-,12-/m1/s1. The number of ether oxygens (including phenoxy) is 1. The quantitative estimate of drug-likeness (QED) is 0.652. The van der Waals surface area contributed by atoms with E-state index in [1.54, 1.807) is 0 Å². The van der Waals surface area contributed by atoms with Gasteiger partial charge in [-0.25, -0.2) is 0 Å². The molecular weight excluding hydrogens is 188 g/mol. The van der Waals surface area contributed by atoms with Crippen molar-refractivity contribution in [2.75, 3.05) is 7.11 Å². The zero-order valence-electron chi connectivity index (χ0n) is 9.45. The Morgan fingerprint density at radius 3 is 2.80 bits per heavy atom. The van der Waals surface area contributed by atoms with Gasteiger partial charge in [0.05, 0.1) is 7.11 Å². The maximum Gasteiger partial charge on any atom is 0.305 e. The van der Waals surface area contributed by atoms with Crippen LogP contribution in [0.5, 0.6) is 0 Å². The van der Waals surface area contributed by atoms with Gasteiger partial charge in [-0.3, -0.25) is 4.79 Å². The fraction of sp³-hybridized carbons (Fsp3) is 0.923. The summed E-state index contributed by atoms with van der Waals surface area (Å²) in [6.45, 7) is 0. The molecule has 0 heterocycles. The molecule has 15 heavy (non-hydrogen) atoms. The SMILES string of the molecule is COC(=O)C[C@@H]1C[C@@H]2C[C@H]1[C@@H]1CCC[C@H]21. The molecule has 0 saturated heterocycles. The van der Waals surface area contributed by atoms with Crippen LogP contribution in [0.1, 0.15) is 38.5 Å². The molecule has 3 aliphatic rings. The lowest BCUT2D eigenvalue weighted by molar-refractivity contribution is -0.142. The van der Waals surface area contributed by atoms with E-state index in [1.165, 1.54) is 39.2 Å². The maximum absolute atomic E-state index is 11.3. The van der Waals surface area contributed by atoms with Crippen LogP contribution in [0, 0.1) is 29.6 Å². The first kappa shape index (κ1) is 9.68. The van der Waals surface area contributed by atoms with Gasteiger partial charge < -0.3 is 4.74 Å². The Hall–Kier alpha value is -0.530. The van der Waals surface area contributed by atoms with Gasteiger partial charge in [-0.15, -0.1) is 0 Å². The number of carbonyl (C=O) groups is 1. The second-order valence-electron chi connectivity index (χ2n) is 5.69. The Morgan fingerprint density at radius 2 is 2.00 bits per heavy atom. The van der Waals surface area contributed by atoms with Crippen molar-refractivity contribution in [2.24, 2.45) is 29.6 Å². The summed E-state index contributed by atoms with van der Waals surface area (Å²) in [6, 6.07) is 0. The first-order valence-corrected chi connectivity index (χ1v) is 6.36. The first-order chi connectivity index (χ1) is 7.29. The lowest BCUT2D eigenvalue weighted by Crippen LogP contribution is -2.26. The van der Waals surface area contributed by atoms with Crippen molar-refractivity contribution < 1.29 is 9.53 Å². The number of esters is 1. The van der Waals surface area contributed by atoms with Crippen LogP contribution in [0.4, 0.5) is 0 Å². The number of rotatable bonds is 2. The summed E-state index contributed by atoms with van der Waals surface area (Å²) in [5.74, 6) is 4.48. The van der Waals surface area contributed by atoms with E-state index in [1.807, 2.05) is 0 Å². The molecule has 3 saturated carbocycles. The fourth-order valence-electron chi connectivity index (χ4n) is 4.74. The summed E-state index contributed by atoms with van der Waals surface area (Å²) in [4.78, 5) is 11.3. The molecule has 0 aromatic carbocycles. The smallest absolute Gasteiger partial charge is 0.305 e. The van der Waals surface area contributed by atoms with Crippen LogP contribution in [0.2, 0.25) is 0 Å². The fourth-order valence-corrected chi connectivity index (χ4v) is 4.74. The Bertz CT molecular complexity index is 274. The summed E-state index contributed by atoms with van der Waals surface area (Å²) in [6.07, 6.45) is 7.74. The number of hydrogen-bond acceptors (Lipinski definition) is 2. The minimum absolute atomic E-state index is 0.00194. The number of methoxy groups -OCH3 is 1. The van der Waals surface area contributed by atoms with E-state index in [0.29, 0.717) is 12.3 Å². The van der Waals surface area contributed by atoms with Gasteiger partial charge >= 0.3 is 5.97 Å². The highest BCUT2D eigenvalue weighted by atomic mass is 16.5. The molecule has 5 atom stereocenters. The summed E-state index contributed by atoms with van der Waals surface area (Å²) >= 11 is 0. The number of carbonyl (C=O) groups excluding carboxylic acids is 1. The van der Waals surface area contributed by atoms with Gasteiger partial charge in [0.2, 0.25) is 0 Å². The molecule has 3 fully saturated rings. The van der Waals surface area contributed by atoms with Crippen molar-refractivity contribution in [3.8, 4) is 0 Å². The molecule has 3 rings (SSSR count). The minimum atomic E-state index is 0.00194. The lowest BCUT2D eigenvalue weighted by atomic mass is 9.74. The molecular formula is C13H20O2. The van der Waals surface area contributed by atoms with Gasteiger partial charge in [-0.05, 0) is 55.3 Å². The Labute approximate surface area is 91.4 Å². The maximum atomic E-state index is 11.3. The third kappa shape index (κ3) is 1.41. The lowest BCUT2D eigenvalue weighted by Gasteiger charge is -2.30. The number of fused-ring (bicyclic) bond motifs is 5. The average molecular weight is 208 g/mol. The third-order valence-electron chi connectivity index (χ3n) is 5.22. The van der Waals surface area contributed by atoms with Gasteiger partial charge in [-0.2, -0.15) is 0 Å². The van der Waals surface area contributed by atoms with Crippen molar-refractivity contribution in [1.29, 1.82) is 0 Å². The van der Waals surface area contributed by atoms with E-state index in [-0.39, 0.29) is 5.97 Å². The highest BCUT2D eigenvalue weighted by molar-refractivity contribution is 5.69. The van der Waals surface area contributed by atoms with Crippen molar-refractivity contribution in [2.45, 2.75) is 38.5 Å². The molecule has 0 spiro atoms. The Balaban J connectivity index is 1.68. The topological polar surface area (TPSA) is 26.3 Å². The third-order valence-corrected chi connectivity index (χ3v) is 5.22. The van der Waals surface area contributed by atoms with Crippen LogP contribution in [-0.4, -0.2) is 13.1 Å². The summed E-state index contributed by atoms with van der Waals surface area (Å²) < 4.78 is 4.79. The molecule has 0 aromatic heterocycles. The second-order valence-corrected chi connectivity index (χ2v) is 5.69. The van der Waals surface area contributed by atoms with E-state index in [9.17, 15) is 4.79 Å². The highest BCUT2D eigenvalue weighted by Crippen LogP contribution is 2.61. The average Bonchev–Trinajstić information content (AvgIpc) is 2.87. The summed E-state index contributed by atoms with van der Waals surface area (Å²) in [5.41, 5.74) is 0. The van der Waals surface area contributed by atoms with Crippen molar-refractivity contribution >= 4 is 5.97 Å². The molecule has 0 amide bonds. The predicted octanol–water partition coefficient (Wildman–Crippen LogP) is 2.62. The van der Waals surface area contributed by atoms with Crippen LogP contribution in [0.25, 0.3) is 0 Å². The van der Waals surface area contributed by atoms with E-state index >= 15 is 0 Å². The molecule has 2 heteroatoms. The molecule has 0 radical (unpaired) electrons. The normalized spacial score (nSPS) is 46.9. The van der Waals surface area contributed by atoms with Crippen molar-refractivity contribution in [3.05, 3.63) is 0 Å². The molecule has 0 N–H and O–H groups in total. The monoisotopic (exact) mass is 208 g/mol. The molecule has 2 bridgehead atoms. The summed E-state index contributed by atoms with van der Waals surface area (Å²) in [7, 11) is 1.51. The Morgan fingerprint density at radius 1 is 1.20 bits per heavy atom. The summed E-state index contributed by atoms with van der Waals surface area (Å²) in [5, 5.41) is 0.